The lowest BCUT2D eigenvalue weighted by atomic mass is 10.4. The fourth-order valence-corrected chi connectivity index (χ4v) is 3.06. The second-order valence-corrected chi connectivity index (χ2v) is 6.48. The molecule has 16 heavy (non-hydrogen) atoms. The van der Waals surface area contributed by atoms with Crippen molar-refractivity contribution in [3.8, 4) is 0 Å². The Morgan fingerprint density at radius 2 is 1.50 bits per heavy atom. The molecule has 0 heterocycles. The Morgan fingerprint density at radius 1 is 0.875 bits per heavy atom. The van der Waals surface area contributed by atoms with Crippen molar-refractivity contribution in [1.29, 1.82) is 0 Å². The van der Waals surface area contributed by atoms with Gasteiger partial charge in [0.05, 0.1) is 5.02 Å². The van der Waals surface area contributed by atoms with Crippen LogP contribution in [0.25, 0.3) is 0 Å². The number of hydrogen-bond donors (Lipinski definition) is 0. The molecule has 0 fully saturated rings. The average molecular weight is 379 g/mol. The summed E-state index contributed by atoms with van der Waals surface area (Å²) >= 11 is 14.6. The number of hydrogen-bond acceptors (Lipinski definition) is 1. The van der Waals surface area contributed by atoms with Crippen molar-refractivity contribution in [1.82, 2.24) is 0 Å². The van der Waals surface area contributed by atoms with E-state index in [0.717, 1.165) is 18.9 Å². The molecule has 0 amide bonds. The summed E-state index contributed by atoms with van der Waals surface area (Å²) in [4.78, 5) is 2.24. The zero-order chi connectivity index (χ0) is 11.5. The monoisotopic (exact) mass is 376 g/mol. The van der Waals surface area contributed by atoms with Crippen molar-refractivity contribution in [3.63, 3.8) is 0 Å². The predicted molar refractivity (Wildman–Crippen MR) is 77.4 cm³/mol. The van der Waals surface area contributed by atoms with Gasteiger partial charge in [-0.15, -0.1) is 0 Å². The van der Waals surface area contributed by atoms with Gasteiger partial charge in [0.1, 0.15) is 0 Å². The first kappa shape index (κ1) is 12.5. The molecule has 0 atom stereocenters. The minimum atomic E-state index is 0.766. The highest BCUT2D eigenvalue weighted by atomic mass is 79.9. The van der Waals surface area contributed by atoms with Crippen LogP contribution in [0.1, 0.15) is 0 Å². The standard InChI is InChI=1S/C12H7Br2ClS/c13-8-1-4-10(5-2-8)16-12-6-3-9(14)7-11(12)15/h1-7H. The van der Waals surface area contributed by atoms with Gasteiger partial charge in [-0.05, 0) is 42.5 Å². The van der Waals surface area contributed by atoms with Crippen molar-refractivity contribution in [2.45, 2.75) is 9.79 Å². The summed E-state index contributed by atoms with van der Waals surface area (Å²) in [5.41, 5.74) is 0. The summed E-state index contributed by atoms with van der Waals surface area (Å²) in [7, 11) is 0. The Morgan fingerprint density at radius 3 is 2.12 bits per heavy atom. The van der Waals surface area contributed by atoms with Crippen molar-refractivity contribution >= 4 is 55.2 Å². The van der Waals surface area contributed by atoms with Crippen LogP contribution in [0, 0.1) is 0 Å². The summed E-state index contributed by atoms with van der Waals surface area (Å²) < 4.78 is 2.08. The quantitative estimate of drug-likeness (QED) is 0.616. The second kappa shape index (κ2) is 5.58. The van der Waals surface area contributed by atoms with E-state index in [4.69, 9.17) is 11.6 Å². The van der Waals surface area contributed by atoms with E-state index in [1.54, 1.807) is 11.8 Å². The van der Waals surface area contributed by atoms with Crippen molar-refractivity contribution in [2.75, 3.05) is 0 Å². The fourth-order valence-electron chi connectivity index (χ4n) is 1.19. The molecule has 0 radical (unpaired) electrons. The minimum Gasteiger partial charge on any atom is -0.0885 e. The first-order valence-electron chi connectivity index (χ1n) is 4.53. The molecule has 0 nitrogen and oxygen atoms in total. The smallest absolute Gasteiger partial charge is 0.0556 e. The number of benzene rings is 2. The Kier molecular flexibility index (Phi) is 4.36. The zero-order valence-electron chi connectivity index (χ0n) is 8.08. The van der Waals surface area contributed by atoms with Gasteiger partial charge >= 0.3 is 0 Å². The van der Waals surface area contributed by atoms with Gasteiger partial charge in [-0.1, -0.05) is 55.2 Å². The first-order chi connectivity index (χ1) is 7.65. The highest BCUT2D eigenvalue weighted by Gasteiger charge is 2.03. The molecular weight excluding hydrogens is 371 g/mol. The van der Waals surface area contributed by atoms with Crippen LogP contribution in [0.4, 0.5) is 0 Å². The largest absolute Gasteiger partial charge is 0.0885 e. The molecule has 2 aromatic rings. The molecule has 4 heteroatoms. The topological polar surface area (TPSA) is 0 Å². The van der Waals surface area contributed by atoms with Gasteiger partial charge < -0.3 is 0 Å². The summed E-state index contributed by atoms with van der Waals surface area (Å²) in [5, 5.41) is 0.766. The van der Waals surface area contributed by atoms with Gasteiger partial charge in [0.2, 0.25) is 0 Å². The van der Waals surface area contributed by atoms with Crippen LogP contribution in [0.15, 0.2) is 61.2 Å². The van der Waals surface area contributed by atoms with Gasteiger partial charge in [-0.2, -0.15) is 0 Å². The second-order valence-electron chi connectivity index (χ2n) is 3.13. The molecule has 0 aliphatic carbocycles. The Labute approximate surface area is 121 Å². The van der Waals surface area contributed by atoms with Crippen molar-refractivity contribution in [3.05, 3.63) is 56.4 Å². The van der Waals surface area contributed by atoms with Gasteiger partial charge in [0, 0.05) is 18.7 Å². The molecule has 0 bridgehead atoms. The molecule has 2 rings (SSSR count). The van der Waals surface area contributed by atoms with E-state index in [-0.39, 0.29) is 0 Å². The summed E-state index contributed by atoms with van der Waals surface area (Å²) in [5.74, 6) is 0. The molecule has 0 unspecified atom stereocenters. The molecule has 0 aromatic heterocycles. The molecule has 0 N–H and O–H groups in total. The van der Waals surface area contributed by atoms with Gasteiger partial charge in [-0.25, -0.2) is 0 Å². The first-order valence-corrected chi connectivity index (χ1v) is 7.32. The highest BCUT2D eigenvalue weighted by molar-refractivity contribution is 9.10. The van der Waals surface area contributed by atoms with Crippen LogP contribution in [-0.2, 0) is 0 Å². The van der Waals surface area contributed by atoms with Gasteiger partial charge in [-0.3, -0.25) is 0 Å². The number of halogens is 3. The summed E-state index contributed by atoms with van der Waals surface area (Å²) in [6, 6.07) is 14.1. The molecule has 2 aromatic carbocycles. The van der Waals surface area contributed by atoms with Crippen LogP contribution in [0.3, 0.4) is 0 Å². The maximum Gasteiger partial charge on any atom is 0.0556 e. The molecule has 82 valence electrons. The third-order valence-electron chi connectivity index (χ3n) is 1.94. The third-order valence-corrected chi connectivity index (χ3v) is 4.47. The molecular formula is C12H7Br2ClS. The maximum absolute atomic E-state index is 6.15. The molecule has 0 saturated carbocycles. The third kappa shape index (κ3) is 3.27. The van der Waals surface area contributed by atoms with Crippen molar-refractivity contribution in [2.24, 2.45) is 0 Å². The van der Waals surface area contributed by atoms with Crippen LogP contribution in [0.5, 0.6) is 0 Å². The fraction of sp³-hybridized carbons (Fsp3) is 0. The lowest BCUT2D eigenvalue weighted by Crippen LogP contribution is -1.76. The normalized spacial score (nSPS) is 10.4. The summed E-state index contributed by atoms with van der Waals surface area (Å²) in [6.45, 7) is 0. The van der Waals surface area contributed by atoms with Crippen LogP contribution < -0.4 is 0 Å². The molecule has 0 aliphatic rings. The highest BCUT2D eigenvalue weighted by Crippen LogP contribution is 2.35. The molecule has 0 aliphatic heterocycles. The van der Waals surface area contributed by atoms with Crippen LogP contribution in [0.2, 0.25) is 5.02 Å². The zero-order valence-corrected chi connectivity index (χ0v) is 12.8. The number of rotatable bonds is 2. The average Bonchev–Trinajstić information content (AvgIpc) is 2.25. The lowest BCUT2D eigenvalue weighted by molar-refractivity contribution is 1.39. The predicted octanol–water partition coefficient (Wildman–Crippen LogP) is 6.02. The van der Waals surface area contributed by atoms with E-state index in [9.17, 15) is 0 Å². The molecule has 0 saturated heterocycles. The van der Waals surface area contributed by atoms with E-state index in [0.29, 0.717) is 0 Å². The van der Waals surface area contributed by atoms with Crippen LogP contribution in [-0.4, -0.2) is 0 Å². The van der Waals surface area contributed by atoms with Gasteiger partial charge in [0.25, 0.3) is 0 Å². The van der Waals surface area contributed by atoms with E-state index >= 15 is 0 Å². The Bertz CT molecular complexity index is 497. The minimum absolute atomic E-state index is 0.766. The van der Waals surface area contributed by atoms with E-state index in [2.05, 4.69) is 44.0 Å². The van der Waals surface area contributed by atoms with E-state index < -0.39 is 0 Å². The van der Waals surface area contributed by atoms with Crippen molar-refractivity contribution < 1.29 is 0 Å². The van der Waals surface area contributed by atoms with E-state index in [1.165, 1.54) is 4.90 Å². The lowest BCUT2D eigenvalue weighted by Gasteiger charge is -2.04. The maximum atomic E-state index is 6.15. The molecule has 0 spiro atoms. The summed E-state index contributed by atoms with van der Waals surface area (Å²) in [6.07, 6.45) is 0. The SMILES string of the molecule is Clc1cc(Br)ccc1Sc1ccc(Br)cc1. The Balaban J connectivity index is 2.23. The van der Waals surface area contributed by atoms with E-state index in [1.807, 2.05) is 30.3 Å². The van der Waals surface area contributed by atoms with Crippen LogP contribution >= 0.6 is 55.2 Å². The Hall–Kier alpha value is 0.0400. The van der Waals surface area contributed by atoms with Gasteiger partial charge in [0.15, 0.2) is 0 Å².